The zero-order chi connectivity index (χ0) is 15.6. The first kappa shape index (κ1) is 16.1. The Labute approximate surface area is 143 Å². The van der Waals surface area contributed by atoms with Gasteiger partial charge < -0.3 is 0 Å². The van der Waals surface area contributed by atoms with Gasteiger partial charge in [-0.25, -0.2) is 4.79 Å². The van der Waals surface area contributed by atoms with Crippen LogP contribution in [-0.2, 0) is 7.05 Å². The summed E-state index contributed by atoms with van der Waals surface area (Å²) in [4.78, 5) is 11.9. The highest BCUT2D eigenvalue weighted by molar-refractivity contribution is 9.11. The molecule has 0 unspecified atom stereocenters. The number of carbonyl (C=O) groups is 1. The van der Waals surface area contributed by atoms with Gasteiger partial charge in [-0.05, 0) is 50.9 Å². The molecule has 0 aliphatic heterocycles. The zero-order valence-corrected chi connectivity index (χ0v) is 15.1. The van der Waals surface area contributed by atoms with E-state index in [4.69, 9.17) is 11.6 Å². The first-order chi connectivity index (χ1) is 9.90. The SMILES string of the molecule is Cc1nn(C)c(NC(=O)NNc2cccc(Br)c2Cl)c1Br. The summed E-state index contributed by atoms with van der Waals surface area (Å²) < 4.78 is 3.05. The van der Waals surface area contributed by atoms with Crippen LogP contribution in [0.1, 0.15) is 5.69 Å². The van der Waals surface area contributed by atoms with Gasteiger partial charge in [-0.2, -0.15) is 5.10 Å². The van der Waals surface area contributed by atoms with Gasteiger partial charge in [0.25, 0.3) is 0 Å². The second-order valence-electron chi connectivity index (χ2n) is 4.18. The predicted molar refractivity (Wildman–Crippen MR) is 90.6 cm³/mol. The number of hydrazine groups is 1. The van der Waals surface area contributed by atoms with Crippen molar-refractivity contribution in [2.24, 2.45) is 7.05 Å². The van der Waals surface area contributed by atoms with Crippen LogP contribution in [0.25, 0.3) is 0 Å². The van der Waals surface area contributed by atoms with Crippen molar-refractivity contribution in [2.75, 3.05) is 10.7 Å². The summed E-state index contributed by atoms with van der Waals surface area (Å²) in [6, 6.07) is 4.93. The third-order valence-electron chi connectivity index (χ3n) is 2.64. The normalized spacial score (nSPS) is 10.3. The molecule has 21 heavy (non-hydrogen) atoms. The molecule has 0 atom stereocenters. The Hall–Kier alpha value is -1.25. The molecule has 1 aromatic carbocycles. The number of aromatic nitrogens is 2. The molecule has 2 amide bonds. The van der Waals surface area contributed by atoms with Crippen LogP contribution in [0, 0.1) is 6.92 Å². The van der Waals surface area contributed by atoms with E-state index in [1.54, 1.807) is 23.9 Å². The number of nitrogens with zero attached hydrogens (tertiary/aromatic N) is 2. The van der Waals surface area contributed by atoms with Gasteiger partial charge in [0.05, 0.1) is 20.9 Å². The average molecular weight is 438 g/mol. The topological polar surface area (TPSA) is 71.0 Å². The van der Waals surface area contributed by atoms with Crippen LogP contribution in [-0.4, -0.2) is 15.8 Å². The molecule has 0 fully saturated rings. The third kappa shape index (κ3) is 3.69. The maximum Gasteiger partial charge on any atom is 0.339 e. The summed E-state index contributed by atoms with van der Waals surface area (Å²) in [7, 11) is 1.74. The number of hydrogen-bond donors (Lipinski definition) is 3. The smallest absolute Gasteiger partial charge is 0.296 e. The van der Waals surface area contributed by atoms with Crippen LogP contribution in [0.15, 0.2) is 27.1 Å². The summed E-state index contributed by atoms with van der Waals surface area (Å²) in [6.45, 7) is 1.84. The number of carbonyl (C=O) groups excluding carboxylic acids is 1. The van der Waals surface area contributed by atoms with E-state index in [9.17, 15) is 4.79 Å². The number of amides is 2. The molecule has 0 spiro atoms. The van der Waals surface area contributed by atoms with Crippen molar-refractivity contribution in [1.82, 2.24) is 15.2 Å². The summed E-state index contributed by atoms with van der Waals surface area (Å²) in [5, 5.41) is 7.36. The molecular formula is C12H12Br2ClN5O. The van der Waals surface area contributed by atoms with Crippen LogP contribution in [0.2, 0.25) is 5.02 Å². The van der Waals surface area contributed by atoms with Gasteiger partial charge in [0, 0.05) is 11.5 Å². The minimum Gasteiger partial charge on any atom is -0.296 e. The molecule has 6 nitrogen and oxygen atoms in total. The minimum absolute atomic E-state index is 0.435. The fourth-order valence-corrected chi connectivity index (χ4v) is 2.61. The van der Waals surface area contributed by atoms with E-state index in [0.29, 0.717) is 16.5 Å². The standard InChI is InChI=1S/C12H12Br2ClN5O/c1-6-9(14)11(20(2)19-6)16-12(21)18-17-8-5-3-4-7(13)10(8)15/h3-5,17H,1-2H3,(H2,16,18,21). The summed E-state index contributed by atoms with van der Waals surface area (Å²) in [6.07, 6.45) is 0. The highest BCUT2D eigenvalue weighted by atomic mass is 79.9. The van der Waals surface area contributed by atoms with E-state index >= 15 is 0 Å². The van der Waals surface area contributed by atoms with Crippen LogP contribution in [0.4, 0.5) is 16.3 Å². The largest absolute Gasteiger partial charge is 0.339 e. The second-order valence-corrected chi connectivity index (χ2v) is 6.20. The highest BCUT2D eigenvalue weighted by Gasteiger charge is 2.13. The number of aryl methyl sites for hydroxylation is 2. The number of halogens is 3. The molecule has 3 N–H and O–H groups in total. The molecule has 2 aromatic rings. The van der Waals surface area contributed by atoms with Gasteiger partial charge in [-0.3, -0.25) is 20.9 Å². The van der Waals surface area contributed by atoms with Gasteiger partial charge in [0.15, 0.2) is 0 Å². The fraction of sp³-hybridized carbons (Fsp3) is 0.167. The van der Waals surface area contributed by atoms with E-state index in [1.807, 2.05) is 13.0 Å². The lowest BCUT2D eigenvalue weighted by Gasteiger charge is -2.12. The predicted octanol–water partition coefficient (Wildman–Crippen LogP) is 4.06. The Morgan fingerprint density at radius 3 is 2.71 bits per heavy atom. The van der Waals surface area contributed by atoms with Crippen LogP contribution >= 0.6 is 43.5 Å². The van der Waals surface area contributed by atoms with Crippen molar-refractivity contribution >= 4 is 61.0 Å². The monoisotopic (exact) mass is 435 g/mol. The van der Waals surface area contributed by atoms with Gasteiger partial charge in [0.1, 0.15) is 5.82 Å². The highest BCUT2D eigenvalue weighted by Crippen LogP contribution is 2.29. The lowest BCUT2D eigenvalue weighted by Crippen LogP contribution is -2.34. The van der Waals surface area contributed by atoms with Crippen LogP contribution < -0.4 is 16.2 Å². The Morgan fingerprint density at radius 2 is 2.10 bits per heavy atom. The maximum atomic E-state index is 11.9. The molecule has 1 aromatic heterocycles. The maximum absolute atomic E-state index is 11.9. The summed E-state index contributed by atoms with van der Waals surface area (Å²) in [5.41, 5.74) is 6.63. The fourth-order valence-electron chi connectivity index (χ4n) is 1.63. The van der Waals surface area contributed by atoms with Crippen molar-refractivity contribution < 1.29 is 4.79 Å². The molecule has 0 saturated heterocycles. The quantitative estimate of drug-likeness (QED) is 0.635. The molecule has 2 rings (SSSR count). The summed E-state index contributed by atoms with van der Waals surface area (Å²) >= 11 is 12.8. The lowest BCUT2D eigenvalue weighted by atomic mass is 10.3. The van der Waals surface area contributed by atoms with E-state index in [-0.39, 0.29) is 0 Å². The Kier molecular flexibility index (Phi) is 5.13. The van der Waals surface area contributed by atoms with Crippen molar-refractivity contribution in [3.8, 4) is 0 Å². The second kappa shape index (κ2) is 6.67. The Morgan fingerprint density at radius 1 is 1.38 bits per heavy atom. The average Bonchev–Trinajstić information content (AvgIpc) is 2.67. The lowest BCUT2D eigenvalue weighted by molar-refractivity contribution is 0.253. The molecule has 1 heterocycles. The van der Waals surface area contributed by atoms with Gasteiger partial charge in [-0.15, -0.1) is 0 Å². The molecule has 0 saturated carbocycles. The molecule has 9 heteroatoms. The third-order valence-corrected chi connectivity index (χ3v) is 4.89. The molecule has 112 valence electrons. The first-order valence-electron chi connectivity index (χ1n) is 5.86. The van der Waals surface area contributed by atoms with Crippen molar-refractivity contribution in [2.45, 2.75) is 6.92 Å². The Balaban J connectivity index is 2.01. The van der Waals surface area contributed by atoms with Gasteiger partial charge >= 0.3 is 6.03 Å². The van der Waals surface area contributed by atoms with Crippen molar-refractivity contribution in [3.63, 3.8) is 0 Å². The number of rotatable bonds is 3. The van der Waals surface area contributed by atoms with E-state index in [2.05, 4.69) is 53.1 Å². The number of anilines is 2. The summed E-state index contributed by atoms with van der Waals surface area (Å²) in [5.74, 6) is 0.562. The van der Waals surface area contributed by atoms with E-state index in [0.717, 1.165) is 14.6 Å². The zero-order valence-electron chi connectivity index (χ0n) is 11.2. The molecule has 0 bridgehead atoms. The van der Waals surface area contributed by atoms with Crippen molar-refractivity contribution in [1.29, 1.82) is 0 Å². The molecule has 0 radical (unpaired) electrons. The minimum atomic E-state index is -0.435. The molecule has 0 aliphatic rings. The van der Waals surface area contributed by atoms with Gasteiger partial charge in [-0.1, -0.05) is 17.7 Å². The van der Waals surface area contributed by atoms with Gasteiger partial charge in [0.2, 0.25) is 0 Å². The van der Waals surface area contributed by atoms with Crippen molar-refractivity contribution in [3.05, 3.63) is 37.9 Å². The van der Waals surface area contributed by atoms with E-state index < -0.39 is 6.03 Å². The number of hydrogen-bond acceptors (Lipinski definition) is 3. The molecule has 0 aliphatic carbocycles. The molecular weight excluding hydrogens is 425 g/mol. The van der Waals surface area contributed by atoms with Crippen LogP contribution in [0.5, 0.6) is 0 Å². The Bertz CT molecular complexity index is 689. The number of nitrogens with one attached hydrogen (secondary N) is 3. The number of benzene rings is 1. The number of urea groups is 1. The van der Waals surface area contributed by atoms with E-state index in [1.165, 1.54) is 0 Å². The first-order valence-corrected chi connectivity index (χ1v) is 7.82. The van der Waals surface area contributed by atoms with Crippen LogP contribution in [0.3, 0.4) is 0 Å².